The summed E-state index contributed by atoms with van der Waals surface area (Å²) in [7, 11) is 1.63. The summed E-state index contributed by atoms with van der Waals surface area (Å²) in [5.74, 6) is -0.291. The highest BCUT2D eigenvalue weighted by Crippen LogP contribution is 2.24. The van der Waals surface area contributed by atoms with Crippen molar-refractivity contribution in [1.82, 2.24) is 9.78 Å². The van der Waals surface area contributed by atoms with Gasteiger partial charge in [-0.15, -0.1) is 0 Å². The van der Waals surface area contributed by atoms with Gasteiger partial charge in [-0.2, -0.15) is 5.10 Å². The van der Waals surface area contributed by atoms with Crippen molar-refractivity contribution in [2.75, 3.05) is 5.32 Å². The fourth-order valence-corrected chi connectivity index (χ4v) is 1.17. The van der Waals surface area contributed by atoms with E-state index in [1.165, 1.54) is 4.68 Å². The molecule has 0 amide bonds. The molecule has 1 aromatic rings. The summed E-state index contributed by atoms with van der Waals surface area (Å²) in [6.07, 6.45) is 2.30. The molecule has 0 radical (unpaired) electrons. The molecule has 0 bridgehead atoms. The molecule has 0 aromatic carbocycles. The Morgan fingerprint density at radius 3 is 2.92 bits per heavy atom. The number of carboxylic acid groups (broad SMARTS) is 1. The molecule has 5 nitrogen and oxygen atoms in total. The van der Waals surface area contributed by atoms with Crippen LogP contribution in [0.25, 0.3) is 0 Å². The molecule has 0 saturated heterocycles. The third-order valence-corrected chi connectivity index (χ3v) is 2.03. The Morgan fingerprint density at radius 2 is 2.46 bits per heavy atom. The summed E-state index contributed by atoms with van der Waals surface area (Å²) in [6, 6.07) is 2.05. The van der Waals surface area contributed by atoms with Crippen LogP contribution in [0, 0.1) is 0 Å². The van der Waals surface area contributed by atoms with Crippen molar-refractivity contribution < 1.29 is 9.90 Å². The Morgan fingerprint density at radius 1 is 1.77 bits per heavy atom. The minimum Gasteiger partial charge on any atom is -0.477 e. The Labute approximate surface area is 75.4 Å². The van der Waals surface area contributed by atoms with Crippen LogP contribution in [-0.2, 0) is 7.05 Å². The maximum absolute atomic E-state index is 10.6. The lowest BCUT2D eigenvalue weighted by Crippen LogP contribution is -2.05. The number of carboxylic acids is 1. The molecule has 1 saturated carbocycles. The second kappa shape index (κ2) is 2.76. The fourth-order valence-electron chi connectivity index (χ4n) is 1.17. The third-order valence-electron chi connectivity index (χ3n) is 2.03. The minimum absolute atomic E-state index is 0.211. The Bertz CT molecular complexity index is 341. The molecule has 2 N–H and O–H groups in total. The second-order valence-corrected chi connectivity index (χ2v) is 3.26. The van der Waals surface area contributed by atoms with Gasteiger partial charge in [0.15, 0.2) is 0 Å². The smallest absolute Gasteiger partial charge is 0.354 e. The molecule has 70 valence electrons. The Hall–Kier alpha value is -1.52. The van der Waals surface area contributed by atoms with Gasteiger partial charge in [-0.3, -0.25) is 4.68 Å². The van der Waals surface area contributed by atoms with Crippen LogP contribution in [0.3, 0.4) is 0 Å². The summed E-state index contributed by atoms with van der Waals surface area (Å²) < 4.78 is 1.37. The average molecular weight is 181 g/mol. The van der Waals surface area contributed by atoms with Gasteiger partial charge in [-0.05, 0) is 12.8 Å². The van der Waals surface area contributed by atoms with Gasteiger partial charge in [-0.25, -0.2) is 4.79 Å². The van der Waals surface area contributed by atoms with E-state index in [-0.39, 0.29) is 5.69 Å². The van der Waals surface area contributed by atoms with E-state index in [2.05, 4.69) is 10.4 Å². The van der Waals surface area contributed by atoms with Crippen molar-refractivity contribution in [2.45, 2.75) is 18.9 Å². The molecule has 1 fully saturated rings. The first-order valence-corrected chi connectivity index (χ1v) is 4.20. The topological polar surface area (TPSA) is 67.2 Å². The first kappa shape index (κ1) is 8.10. The number of aromatic carboxylic acids is 1. The van der Waals surface area contributed by atoms with Crippen molar-refractivity contribution in [3.63, 3.8) is 0 Å². The number of anilines is 1. The normalized spacial score (nSPS) is 15.8. The number of aromatic nitrogens is 2. The standard InChI is InChI=1S/C8H11N3O2/c1-11-6(8(12)13)4-7(10-11)9-5-2-3-5/h4-5H,2-3H2,1H3,(H,9,10)(H,12,13). The Balaban J connectivity index is 2.18. The molecule has 0 atom stereocenters. The second-order valence-electron chi connectivity index (χ2n) is 3.26. The summed E-state index contributed by atoms with van der Waals surface area (Å²) in [5.41, 5.74) is 0.211. The highest BCUT2D eigenvalue weighted by Gasteiger charge is 2.22. The molecule has 5 heteroatoms. The van der Waals surface area contributed by atoms with E-state index in [1.807, 2.05) is 0 Å². The maximum Gasteiger partial charge on any atom is 0.354 e. The number of hydrogen-bond acceptors (Lipinski definition) is 3. The predicted molar refractivity (Wildman–Crippen MR) is 46.8 cm³/mol. The molecular formula is C8H11N3O2. The van der Waals surface area contributed by atoms with Crippen LogP contribution in [0.2, 0.25) is 0 Å². The van der Waals surface area contributed by atoms with Crippen molar-refractivity contribution in [2.24, 2.45) is 7.05 Å². The van der Waals surface area contributed by atoms with Gasteiger partial charge >= 0.3 is 5.97 Å². The van der Waals surface area contributed by atoms with E-state index in [0.29, 0.717) is 11.9 Å². The highest BCUT2D eigenvalue weighted by molar-refractivity contribution is 5.86. The molecule has 13 heavy (non-hydrogen) atoms. The van der Waals surface area contributed by atoms with Crippen LogP contribution in [0.1, 0.15) is 23.3 Å². The average Bonchev–Trinajstić information content (AvgIpc) is 2.75. The SMILES string of the molecule is Cn1nc(NC2CC2)cc1C(=O)O. The quantitative estimate of drug-likeness (QED) is 0.720. The van der Waals surface area contributed by atoms with Crippen LogP contribution in [0.5, 0.6) is 0 Å². The monoisotopic (exact) mass is 181 g/mol. The van der Waals surface area contributed by atoms with Gasteiger partial charge in [0.05, 0.1) is 0 Å². The van der Waals surface area contributed by atoms with Crippen LogP contribution in [0.15, 0.2) is 6.07 Å². The van der Waals surface area contributed by atoms with E-state index in [9.17, 15) is 4.79 Å². The van der Waals surface area contributed by atoms with Gasteiger partial charge in [0.25, 0.3) is 0 Å². The zero-order valence-electron chi connectivity index (χ0n) is 7.32. The van der Waals surface area contributed by atoms with E-state index in [1.54, 1.807) is 13.1 Å². The van der Waals surface area contributed by atoms with Crippen molar-refractivity contribution in [1.29, 1.82) is 0 Å². The van der Waals surface area contributed by atoms with Gasteiger partial charge in [0, 0.05) is 19.2 Å². The summed E-state index contributed by atoms with van der Waals surface area (Å²) >= 11 is 0. The number of carbonyl (C=O) groups is 1. The lowest BCUT2D eigenvalue weighted by molar-refractivity contribution is 0.0685. The number of hydrogen-bond donors (Lipinski definition) is 2. The molecule has 0 spiro atoms. The summed E-state index contributed by atoms with van der Waals surface area (Å²) in [5, 5.41) is 15.9. The predicted octanol–water partition coefficient (Wildman–Crippen LogP) is 0.693. The Kier molecular flexibility index (Phi) is 1.72. The molecule has 2 rings (SSSR count). The van der Waals surface area contributed by atoms with Gasteiger partial charge in [-0.1, -0.05) is 0 Å². The summed E-state index contributed by atoms with van der Waals surface area (Å²) in [4.78, 5) is 10.6. The highest BCUT2D eigenvalue weighted by atomic mass is 16.4. The first-order chi connectivity index (χ1) is 6.16. The molecule has 1 aromatic heterocycles. The molecule has 1 aliphatic rings. The molecule has 1 heterocycles. The van der Waals surface area contributed by atoms with Gasteiger partial charge < -0.3 is 10.4 Å². The molecule has 0 unspecified atom stereocenters. The maximum atomic E-state index is 10.6. The molecule has 1 aliphatic carbocycles. The van der Waals surface area contributed by atoms with Crippen molar-refractivity contribution in [3.8, 4) is 0 Å². The molecular weight excluding hydrogens is 170 g/mol. The zero-order chi connectivity index (χ0) is 9.42. The van der Waals surface area contributed by atoms with E-state index in [4.69, 9.17) is 5.11 Å². The fraction of sp³-hybridized carbons (Fsp3) is 0.500. The minimum atomic E-state index is -0.946. The van der Waals surface area contributed by atoms with Crippen molar-refractivity contribution in [3.05, 3.63) is 11.8 Å². The number of aryl methyl sites for hydroxylation is 1. The first-order valence-electron chi connectivity index (χ1n) is 4.20. The molecule has 0 aliphatic heterocycles. The van der Waals surface area contributed by atoms with Crippen LogP contribution < -0.4 is 5.32 Å². The van der Waals surface area contributed by atoms with Crippen LogP contribution in [-0.4, -0.2) is 26.9 Å². The number of nitrogens with zero attached hydrogens (tertiary/aromatic N) is 2. The van der Waals surface area contributed by atoms with Crippen LogP contribution in [0.4, 0.5) is 5.82 Å². The van der Waals surface area contributed by atoms with Crippen molar-refractivity contribution >= 4 is 11.8 Å². The zero-order valence-corrected chi connectivity index (χ0v) is 7.32. The van der Waals surface area contributed by atoms with E-state index < -0.39 is 5.97 Å². The van der Waals surface area contributed by atoms with E-state index >= 15 is 0 Å². The lowest BCUT2D eigenvalue weighted by atomic mass is 10.4. The summed E-state index contributed by atoms with van der Waals surface area (Å²) in [6.45, 7) is 0. The lowest BCUT2D eigenvalue weighted by Gasteiger charge is -1.95. The van der Waals surface area contributed by atoms with Gasteiger partial charge in [0.1, 0.15) is 11.5 Å². The largest absolute Gasteiger partial charge is 0.477 e. The van der Waals surface area contributed by atoms with Crippen LogP contribution >= 0.6 is 0 Å². The number of rotatable bonds is 3. The third kappa shape index (κ3) is 1.63. The van der Waals surface area contributed by atoms with E-state index in [0.717, 1.165) is 12.8 Å². The number of nitrogens with one attached hydrogen (secondary N) is 1. The van der Waals surface area contributed by atoms with Gasteiger partial charge in [0.2, 0.25) is 0 Å².